The van der Waals surface area contributed by atoms with Gasteiger partial charge < -0.3 is 24.2 Å². The summed E-state index contributed by atoms with van der Waals surface area (Å²) >= 11 is 0. The Balaban J connectivity index is 1.60. The van der Waals surface area contributed by atoms with E-state index in [4.69, 9.17) is 9.47 Å². The summed E-state index contributed by atoms with van der Waals surface area (Å²) in [6, 6.07) is 25.2. The van der Waals surface area contributed by atoms with Crippen LogP contribution in [0.25, 0.3) is 10.9 Å². The number of H-pyrrole nitrogens is 1. The number of benzene rings is 3. The molecule has 3 aromatic carbocycles. The molecule has 1 aromatic heterocycles. The summed E-state index contributed by atoms with van der Waals surface area (Å²) in [6.07, 6.45) is 2.52. The molecule has 0 aliphatic rings. The molecule has 39 heavy (non-hydrogen) atoms. The molecule has 7 nitrogen and oxygen atoms in total. The number of nitrogens with zero attached hydrogens (tertiary/aromatic N) is 2. The fraction of sp³-hybridized carbons (Fsp3) is 0.312. The number of aryl methyl sites for hydroxylation is 1. The number of methoxy groups -OCH3 is 2. The summed E-state index contributed by atoms with van der Waals surface area (Å²) < 4.78 is 10.7. The van der Waals surface area contributed by atoms with Gasteiger partial charge >= 0.3 is 0 Å². The third-order valence-corrected chi connectivity index (χ3v) is 7.21. The second kappa shape index (κ2) is 13.1. The van der Waals surface area contributed by atoms with Gasteiger partial charge in [-0.15, -0.1) is 0 Å². The van der Waals surface area contributed by atoms with Gasteiger partial charge in [0, 0.05) is 30.0 Å². The van der Waals surface area contributed by atoms with Crippen LogP contribution >= 0.6 is 0 Å². The second-order valence-electron chi connectivity index (χ2n) is 9.92. The first-order valence-corrected chi connectivity index (χ1v) is 13.2. The van der Waals surface area contributed by atoms with Gasteiger partial charge in [-0.05, 0) is 74.3 Å². The molecule has 0 spiro atoms. The Labute approximate surface area is 230 Å². The summed E-state index contributed by atoms with van der Waals surface area (Å²) in [5.74, 6) is 1.33. The molecule has 1 N–H and O–H groups in total. The van der Waals surface area contributed by atoms with E-state index < -0.39 is 6.04 Å². The van der Waals surface area contributed by atoms with E-state index in [-0.39, 0.29) is 11.9 Å². The van der Waals surface area contributed by atoms with Crippen LogP contribution in [0.4, 0.5) is 0 Å². The Bertz CT molecular complexity index is 1380. The molecule has 2 atom stereocenters. The Morgan fingerprint density at radius 1 is 0.923 bits per heavy atom. The van der Waals surface area contributed by atoms with Crippen molar-refractivity contribution in [3.63, 3.8) is 0 Å². The summed E-state index contributed by atoms with van der Waals surface area (Å²) in [4.78, 5) is 33.0. The van der Waals surface area contributed by atoms with Crippen LogP contribution in [0.5, 0.6) is 11.5 Å². The number of fused-ring (bicyclic) bond motifs is 1. The van der Waals surface area contributed by atoms with E-state index >= 15 is 0 Å². The van der Waals surface area contributed by atoms with Gasteiger partial charge in [0.05, 0.1) is 20.3 Å². The number of aromatic nitrogens is 1. The SMILES string of the molecule is COc1cccc(CN(C)[C@@H](CCc2ccccc2)CN(C(=O)c2cc3cc(OC)ccc3[nH]2)C(C)C=O)c1. The zero-order valence-electron chi connectivity index (χ0n) is 23.1. The predicted molar refractivity (Wildman–Crippen MR) is 154 cm³/mol. The lowest BCUT2D eigenvalue weighted by Gasteiger charge is -2.35. The van der Waals surface area contributed by atoms with Crippen molar-refractivity contribution in [1.29, 1.82) is 0 Å². The topological polar surface area (TPSA) is 74.9 Å². The van der Waals surface area contributed by atoms with Crippen molar-refractivity contribution in [3.8, 4) is 11.5 Å². The molecule has 1 unspecified atom stereocenters. The molecule has 0 bridgehead atoms. The van der Waals surface area contributed by atoms with Gasteiger partial charge in [0.15, 0.2) is 0 Å². The van der Waals surface area contributed by atoms with Gasteiger partial charge in [0.2, 0.25) is 0 Å². The Morgan fingerprint density at radius 3 is 2.36 bits per heavy atom. The van der Waals surface area contributed by atoms with E-state index in [1.54, 1.807) is 26.0 Å². The average molecular weight is 528 g/mol. The number of nitrogens with one attached hydrogen (secondary N) is 1. The largest absolute Gasteiger partial charge is 0.497 e. The molecule has 7 heteroatoms. The van der Waals surface area contributed by atoms with E-state index in [0.29, 0.717) is 18.8 Å². The number of hydrogen-bond donors (Lipinski definition) is 1. The number of aldehydes is 1. The summed E-state index contributed by atoms with van der Waals surface area (Å²) in [6.45, 7) is 2.86. The van der Waals surface area contributed by atoms with E-state index in [0.717, 1.165) is 47.1 Å². The van der Waals surface area contributed by atoms with Gasteiger partial charge in [0.25, 0.3) is 5.91 Å². The van der Waals surface area contributed by atoms with Crippen LogP contribution in [0, 0.1) is 0 Å². The minimum Gasteiger partial charge on any atom is -0.497 e. The standard InChI is InChI=1S/C32H37N3O4/c1-23(22-36)35(32(37)31-19-26-18-29(39-4)15-16-30(26)33-31)21-27(14-13-24-9-6-5-7-10-24)34(2)20-25-11-8-12-28(17-25)38-3/h5-12,15-19,22-23,27,33H,13-14,20-21H2,1-4H3/t23?,27-/m0/s1. The maximum absolute atomic E-state index is 13.8. The zero-order valence-corrected chi connectivity index (χ0v) is 23.1. The van der Waals surface area contributed by atoms with E-state index in [2.05, 4.69) is 35.1 Å². The number of amides is 1. The van der Waals surface area contributed by atoms with Crippen LogP contribution in [-0.2, 0) is 17.8 Å². The lowest BCUT2D eigenvalue weighted by Crippen LogP contribution is -2.48. The second-order valence-corrected chi connectivity index (χ2v) is 9.92. The highest BCUT2D eigenvalue weighted by Gasteiger charge is 2.28. The number of rotatable bonds is 13. The van der Waals surface area contributed by atoms with Crippen LogP contribution in [-0.4, -0.2) is 66.9 Å². The molecule has 1 heterocycles. The van der Waals surface area contributed by atoms with Crippen molar-refractivity contribution in [3.05, 3.63) is 95.7 Å². The van der Waals surface area contributed by atoms with Crippen molar-refractivity contribution in [2.24, 2.45) is 0 Å². The summed E-state index contributed by atoms with van der Waals surface area (Å²) in [5.41, 5.74) is 3.65. The van der Waals surface area contributed by atoms with Gasteiger partial charge in [-0.2, -0.15) is 0 Å². The van der Waals surface area contributed by atoms with Gasteiger partial charge in [-0.3, -0.25) is 9.69 Å². The molecule has 4 rings (SSSR count). The summed E-state index contributed by atoms with van der Waals surface area (Å²) in [7, 11) is 5.35. The van der Waals surface area contributed by atoms with Crippen molar-refractivity contribution in [2.75, 3.05) is 27.8 Å². The Morgan fingerprint density at radius 2 is 1.64 bits per heavy atom. The normalized spacial score (nSPS) is 12.7. The van der Waals surface area contributed by atoms with Gasteiger partial charge in [-0.25, -0.2) is 0 Å². The molecule has 0 aliphatic heterocycles. The van der Waals surface area contributed by atoms with Gasteiger partial charge in [0.1, 0.15) is 23.5 Å². The molecule has 0 fully saturated rings. The van der Waals surface area contributed by atoms with E-state index in [9.17, 15) is 9.59 Å². The first-order valence-electron chi connectivity index (χ1n) is 13.2. The molecule has 1 amide bonds. The van der Waals surface area contributed by atoms with Crippen LogP contribution in [0.1, 0.15) is 35.0 Å². The third kappa shape index (κ3) is 7.06. The molecule has 0 saturated carbocycles. The zero-order chi connectivity index (χ0) is 27.8. The molecule has 0 saturated heterocycles. The average Bonchev–Trinajstić information content (AvgIpc) is 3.40. The molecule has 4 aromatic rings. The van der Waals surface area contributed by atoms with Crippen molar-refractivity contribution < 1.29 is 19.1 Å². The number of carbonyl (C=O) groups excluding carboxylic acids is 2. The van der Waals surface area contributed by atoms with E-state index in [1.165, 1.54) is 5.56 Å². The monoisotopic (exact) mass is 527 g/mol. The van der Waals surface area contributed by atoms with Crippen molar-refractivity contribution >= 4 is 23.1 Å². The maximum Gasteiger partial charge on any atom is 0.270 e. The molecular formula is C32H37N3O4. The molecule has 204 valence electrons. The highest BCUT2D eigenvalue weighted by atomic mass is 16.5. The van der Waals surface area contributed by atoms with Crippen molar-refractivity contribution in [1.82, 2.24) is 14.8 Å². The molecule has 0 aliphatic carbocycles. The lowest BCUT2D eigenvalue weighted by molar-refractivity contribution is -0.111. The van der Waals surface area contributed by atoms with Crippen LogP contribution in [0.2, 0.25) is 0 Å². The van der Waals surface area contributed by atoms with Gasteiger partial charge in [-0.1, -0.05) is 42.5 Å². The third-order valence-electron chi connectivity index (χ3n) is 7.21. The quantitative estimate of drug-likeness (QED) is 0.237. The highest BCUT2D eigenvalue weighted by Crippen LogP contribution is 2.24. The van der Waals surface area contributed by atoms with Crippen LogP contribution in [0.15, 0.2) is 78.9 Å². The number of carbonyl (C=O) groups is 2. The van der Waals surface area contributed by atoms with E-state index in [1.807, 2.05) is 60.7 Å². The highest BCUT2D eigenvalue weighted by molar-refractivity contribution is 5.99. The van der Waals surface area contributed by atoms with Crippen LogP contribution < -0.4 is 9.47 Å². The minimum absolute atomic E-state index is 0.00669. The number of aromatic amines is 1. The number of likely N-dealkylation sites (N-methyl/N-ethyl adjacent to an activating group) is 1. The molecule has 0 radical (unpaired) electrons. The fourth-order valence-electron chi connectivity index (χ4n) is 4.86. The minimum atomic E-state index is -0.581. The number of hydrogen-bond acceptors (Lipinski definition) is 5. The number of ether oxygens (including phenoxy) is 2. The van der Waals surface area contributed by atoms with Crippen LogP contribution in [0.3, 0.4) is 0 Å². The Kier molecular flexibility index (Phi) is 9.39. The smallest absolute Gasteiger partial charge is 0.270 e. The first-order chi connectivity index (χ1) is 18.9. The first kappa shape index (κ1) is 27.9. The lowest BCUT2D eigenvalue weighted by atomic mass is 10.0. The molecular weight excluding hydrogens is 490 g/mol. The predicted octanol–water partition coefficient (Wildman–Crippen LogP) is 5.35. The summed E-state index contributed by atoms with van der Waals surface area (Å²) in [5, 5.41) is 0.882. The Hall–Kier alpha value is -4.10. The maximum atomic E-state index is 13.8. The van der Waals surface area contributed by atoms with Crippen molar-refractivity contribution in [2.45, 2.75) is 38.4 Å². The fourth-order valence-corrected chi connectivity index (χ4v) is 4.86.